The van der Waals surface area contributed by atoms with Crippen molar-refractivity contribution in [3.8, 4) is 0 Å². The summed E-state index contributed by atoms with van der Waals surface area (Å²) in [5.74, 6) is 1.99. The van der Waals surface area contributed by atoms with Crippen molar-refractivity contribution in [2.75, 3.05) is 0 Å². The minimum atomic E-state index is 0.776. The molecule has 2 fully saturated rings. The van der Waals surface area contributed by atoms with E-state index in [4.69, 9.17) is 0 Å². The summed E-state index contributed by atoms with van der Waals surface area (Å²) in [6.07, 6.45) is 7.81. The second-order valence-electron chi connectivity index (χ2n) is 5.54. The highest BCUT2D eigenvalue weighted by molar-refractivity contribution is 5.15. The summed E-state index contributed by atoms with van der Waals surface area (Å²) in [6.45, 7) is 3.14. The fraction of sp³-hybridized carbons (Fsp3) is 0.769. The Labute approximate surface area is 97.2 Å². The summed E-state index contributed by atoms with van der Waals surface area (Å²) in [5.41, 5.74) is 2.64. The molecule has 2 aliphatic rings. The lowest BCUT2D eigenvalue weighted by molar-refractivity contribution is 0.350. The van der Waals surface area contributed by atoms with Gasteiger partial charge >= 0.3 is 0 Å². The SMILES string of the molecule is Cc1c(CNC2CC3CCC2C3)cnn1C. The topological polar surface area (TPSA) is 29.9 Å². The summed E-state index contributed by atoms with van der Waals surface area (Å²) in [5, 5.41) is 8.02. The second-order valence-corrected chi connectivity index (χ2v) is 5.54. The van der Waals surface area contributed by atoms with Crippen LogP contribution in [0.4, 0.5) is 0 Å². The van der Waals surface area contributed by atoms with Gasteiger partial charge in [-0.15, -0.1) is 0 Å². The lowest BCUT2D eigenvalue weighted by Gasteiger charge is -2.22. The molecule has 0 aromatic carbocycles. The predicted molar refractivity (Wildman–Crippen MR) is 64.0 cm³/mol. The van der Waals surface area contributed by atoms with Gasteiger partial charge < -0.3 is 5.32 Å². The Bertz CT molecular complexity index is 383. The molecule has 2 aliphatic carbocycles. The highest BCUT2D eigenvalue weighted by atomic mass is 15.3. The Morgan fingerprint density at radius 2 is 2.31 bits per heavy atom. The van der Waals surface area contributed by atoms with Gasteiger partial charge in [0.1, 0.15) is 0 Å². The van der Waals surface area contributed by atoms with Crippen molar-refractivity contribution in [1.82, 2.24) is 15.1 Å². The molecular weight excluding hydrogens is 198 g/mol. The summed E-state index contributed by atoms with van der Waals surface area (Å²) >= 11 is 0. The van der Waals surface area contributed by atoms with E-state index in [1.807, 2.05) is 17.9 Å². The van der Waals surface area contributed by atoms with Crippen molar-refractivity contribution < 1.29 is 0 Å². The Kier molecular flexibility index (Phi) is 2.51. The van der Waals surface area contributed by atoms with Crippen LogP contribution < -0.4 is 5.32 Å². The van der Waals surface area contributed by atoms with E-state index in [9.17, 15) is 0 Å². The molecule has 16 heavy (non-hydrogen) atoms. The van der Waals surface area contributed by atoms with E-state index in [0.29, 0.717) is 0 Å². The standard InChI is InChI=1S/C13H21N3/c1-9-12(8-15-16(9)2)7-14-13-6-10-3-4-11(13)5-10/h8,10-11,13-14H,3-7H2,1-2H3. The maximum atomic E-state index is 4.29. The first-order valence-electron chi connectivity index (χ1n) is 6.45. The first-order valence-corrected chi connectivity index (χ1v) is 6.45. The third-order valence-corrected chi connectivity index (χ3v) is 4.63. The molecule has 88 valence electrons. The van der Waals surface area contributed by atoms with Crippen LogP contribution in [-0.4, -0.2) is 15.8 Å². The van der Waals surface area contributed by atoms with E-state index in [-0.39, 0.29) is 0 Å². The average Bonchev–Trinajstić information content (AvgIpc) is 2.95. The van der Waals surface area contributed by atoms with Gasteiger partial charge in [0.25, 0.3) is 0 Å². The number of hydrogen-bond donors (Lipinski definition) is 1. The van der Waals surface area contributed by atoms with Crippen molar-refractivity contribution in [2.24, 2.45) is 18.9 Å². The van der Waals surface area contributed by atoms with Crippen molar-refractivity contribution in [1.29, 1.82) is 0 Å². The average molecular weight is 219 g/mol. The maximum absolute atomic E-state index is 4.29. The molecule has 3 atom stereocenters. The number of nitrogens with zero attached hydrogens (tertiary/aromatic N) is 2. The molecule has 1 heterocycles. The van der Waals surface area contributed by atoms with Gasteiger partial charge in [0, 0.05) is 30.9 Å². The molecule has 1 aromatic heterocycles. The van der Waals surface area contributed by atoms with Gasteiger partial charge in [-0.1, -0.05) is 6.42 Å². The Hall–Kier alpha value is -0.830. The number of fused-ring (bicyclic) bond motifs is 2. The maximum Gasteiger partial charge on any atom is 0.0537 e. The lowest BCUT2D eigenvalue weighted by atomic mass is 9.95. The van der Waals surface area contributed by atoms with E-state index in [0.717, 1.165) is 24.4 Å². The third-order valence-electron chi connectivity index (χ3n) is 4.63. The number of nitrogens with one attached hydrogen (secondary N) is 1. The van der Waals surface area contributed by atoms with Gasteiger partial charge in [-0.25, -0.2) is 0 Å². The minimum Gasteiger partial charge on any atom is -0.310 e. The molecule has 3 nitrogen and oxygen atoms in total. The normalized spacial score (nSPS) is 32.5. The fourth-order valence-electron chi connectivity index (χ4n) is 3.45. The zero-order chi connectivity index (χ0) is 11.1. The van der Waals surface area contributed by atoms with Crippen molar-refractivity contribution in [3.05, 3.63) is 17.5 Å². The number of aromatic nitrogens is 2. The van der Waals surface area contributed by atoms with E-state index in [1.54, 1.807) is 0 Å². The van der Waals surface area contributed by atoms with Crippen LogP contribution in [0.2, 0.25) is 0 Å². The van der Waals surface area contributed by atoms with Gasteiger partial charge in [-0.2, -0.15) is 5.10 Å². The van der Waals surface area contributed by atoms with Gasteiger partial charge in [-0.3, -0.25) is 4.68 Å². The van der Waals surface area contributed by atoms with Crippen LogP contribution in [0.5, 0.6) is 0 Å². The largest absolute Gasteiger partial charge is 0.310 e. The van der Waals surface area contributed by atoms with E-state index >= 15 is 0 Å². The van der Waals surface area contributed by atoms with Crippen LogP contribution >= 0.6 is 0 Å². The summed E-state index contributed by atoms with van der Waals surface area (Å²) in [4.78, 5) is 0. The zero-order valence-corrected chi connectivity index (χ0v) is 10.2. The van der Waals surface area contributed by atoms with Gasteiger partial charge in [0.05, 0.1) is 6.20 Å². The predicted octanol–water partition coefficient (Wildman–Crippen LogP) is 2.01. The van der Waals surface area contributed by atoms with Crippen LogP contribution in [0, 0.1) is 18.8 Å². The Morgan fingerprint density at radius 1 is 1.44 bits per heavy atom. The molecular formula is C13H21N3. The monoisotopic (exact) mass is 219 g/mol. The van der Waals surface area contributed by atoms with Crippen LogP contribution in [0.1, 0.15) is 36.9 Å². The van der Waals surface area contributed by atoms with Gasteiger partial charge in [0.2, 0.25) is 0 Å². The molecule has 3 heteroatoms. The first-order chi connectivity index (χ1) is 7.74. The number of rotatable bonds is 3. The van der Waals surface area contributed by atoms with Crippen LogP contribution in [0.15, 0.2) is 6.20 Å². The van der Waals surface area contributed by atoms with Crippen LogP contribution in [0.3, 0.4) is 0 Å². The molecule has 1 N–H and O–H groups in total. The first kappa shape index (κ1) is 10.3. The van der Waals surface area contributed by atoms with Crippen molar-refractivity contribution >= 4 is 0 Å². The van der Waals surface area contributed by atoms with Crippen molar-refractivity contribution in [3.63, 3.8) is 0 Å². The Morgan fingerprint density at radius 3 is 2.88 bits per heavy atom. The minimum absolute atomic E-state index is 0.776. The zero-order valence-electron chi connectivity index (χ0n) is 10.2. The quantitative estimate of drug-likeness (QED) is 0.842. The molecule has 0 spiro atoms. The molecule has 0 amide bonds. The van der Waals surface area contributed by atoms with Gasteiger partial charge in [0.15, 0.2) is 0 Å². The van der Waals surface area contributed by atoms with Crippen LogP contribution in [-0.2, 0) is 13.6 Å². The molecule has 0 radical (unpaired) electrons. The third kappa shape index (κ3) is 1.67. The molecule has 0 aliphatic heterocycles. The molecule has 2 bridgehead atoms. The highest BCUT2D eigenvalue weighted by Crippen LogP contribution is 2.44. The van der Waals surface area contributed by atoms with E-state index in [1.165, 1.54) is 36.9 Å². The van der Waals surface area contributed by atoms with Gasteiger partial charge in [-0.05, 0) is 38.0 Å². The molecule has 2 saturated carbocycles. The highest BCUT2D eigenvalue weighted by Gasteiger charge is 2.38. The van der Waals surface area contributed by atoms with E-state index in [2.05, 4.69) is 17.3 Å². The number of hydrogen-bond acceptors (Lipinski definition) is 2. The molecule has 0 saturated heterocycles. The van der Waals surface area contributed by atoms with Crippen molar-refractivity contribution in [2.45, 2.75) is 45.2 Å². The number of aryl methyl sites for hydroxylation is 1. The fourth-order valence-corrected chi connectivity index (χ4v) is 3.45. The smallest absolute Gasteiger partial charge is 0.0537 e. The summed E-state index contributed by atoms with van der Waals surface area (Å²) < 4.78 is 1.96. The van der Waals surface area contributed by atoms with Crippen LogP contribution in [0.25, 0.3) is 0 Å². The lowest BCUT2D eigenvalue weighted by Crippen LogP contribution is -2.33. The summed E-state index contributed by atoms with van der Waals surface area (Å²) in [7, 11) is 2.01. The summed E-state index contributed by atoms with van der Waals surface area (Å²) in [6, 6.07) is 0.776. The van der Waals surface area contributed by atoms with E-state index < -0.39 is 0 Å². The Balaban J connectivity index is 1.59. The molecule has 3 unspecified atom stereocenters. The molecule has 3 rings (SSSR count). The molecule has 1 aromatic rings. The second kappa shape index (κ2) is 3.88.